The molecule has 2 rings (SSSR count). The Hall–Kier alpha value is -1.59. The van der Waals surface area contributed by atoms with E-state index in [-0.39, 0.29) is 4.99 Å². The van der Waals surface area contributed by atoms with E-state index in [1.165, 1.54) is 0 Å². The largest absolute Gasteiger partial charge is 0.439 e. The summed E-state index contributed by atoms with van der Waals surface area (Å²) >= 11 is 10.9. The molecule has 0 amide bonds. The van der Waals surface area contributed by atoms with Gasteiger partial charge in [0.2, 0.25) is 5.88 Å². The molecule has 0 aliphatic rings. The number of hydrogen-bond acceptors (Lipinski definition) is 3. The average Bonchev–Trinajstić information content (AvgIpc) is 2.60. The van der Waals surface area contributed by atoms with Gasteiger partial charge in [-0.15, -0.1) is 0 Å². The summed E-state index contributed by atoms with van der Waals surface area (Å²) in [5.41, 5.74) is 7.13. The standard InChI is InChI=1S/C12H12ClN3OS/c1-7-5-11(16(2)15-7)17-10-4-3-8(13)6-9(10)12(14)18/h3-6H,1-2H3,(H2,14,18). The number of ether oxygens (including phenoxy) is 1. The first-order valence-corrected chi connectivity index (χ1v) is 6.04. The normalized spacial score (nSPS) is 10.4. The fourth-order valence-corrected chi connectivity index (χ4v) is 1.91. The molecule has 94 valence electrons. The molecule has 0 aliphatic carbocycles. The number of nitrogens with two attached hydrogens (primary N) is 1. The van der Waals surface area contributed by atoms with Crippen molar-refractivity contribution in [2.45, 2.75) is 6.92 Å². The highest BCUT2D eigenvalue weighted by atomic mass is 35.5. The maximum Gasteiger partial charge on any atom is 0.217 e. The number of thiocarbonyl (C=S) groups is 1. The summed E-state index contributed by atoms with van der Waals surface area (Å²) in [4.78, 5) is 0.242. The summed E-state index contributed by atoms with van der Waals surface area (Å²) in [6, 6.07) is 6.97. The predicted molar refractivity (Wildman–Crippen MR) is 75.4 cm³/mol. The van der Waals surface area contributed by atoms with Gasteiger partial charge in [0, 0.05) is 18.1 Å². The molecule has 1 heterocycles. The van der Waals surface area contributed by atoms with Crippen LogP contribution in [0.1, 0.15) is 11.3 Å². The molecule has 0 fully saturated rings. The van der Waals surface area contributed by atoms with Crippen molar-refractivity contribution in [3.8, 4) is 11.6 Å². The summed E-state index contributed by atoms with van der Waals surface area (Å²) in [6.45, 7) is 1.89. The van der Waals surface area contributed by atoms with E-state index < -0.39 is 0 Å². The molecule has 6 heteroatoms. The van der Waals surface area contributed by atoms with Crippen LogP contribution in [-0.2, 0) is 7.05 Å². The first-order chi connectivity index (χ1) is 8.47. The van der Waals surface area contributed by atoms with Crippen LogP contribution in [0.2, 0.25) is 5.02 Å². The Balaban J connectivity index is 2.40. The molecule has 0 saturated heterocycles. The summed E-state index contributed by atoms with van der Waals surface area (Å²) in [6.07, 6.45) is 0. The van der Waals surface area contributed by atoms with Gasteiger partial charge in [0.05, 0.1) is 11.3 Å². The quantitative estimate of drug-likeness (QED) is 0.879. The van der Waals surface area contributed by atoms with E-state index in [0.29, 0.717) is 22.2 Å². The Labute approximate surface area is 115 Å². The third kappa shape index (κ3) is 2.63. The Morgan fingerprint density at radius 2 is 2.17 bits per heavy atom. The average molecular weight is 282 g/mol. The van der Waals surface area contributed by atoms with Crippen molar-refractivity contribution < 1.29 is 4.74 Å². The Kier molecular flexibility index (Phi) is 3.54. The molecule has 0 atom stereocenters. The monoisotopic (exact) mass is 281 g/mol. The van der Waals surface area contributed by atoms with Gasteiger partial charge in [-0.1, -0.05) is 23.8 Å². The fourth-order valence-electron chi connectivity index (χ4n) is 1.58. The predicted octanol–water partition coefficient (Wildman–Crippen LogP) is 2.81. The second kappa shape index (κ2) is 4.96. The number of aryl methyl sites for hydroxylation is 2. The van der Waals surface area contributed by atoms with Crippen molar-refractivity contribution in [2.24, 2.45) is 12.8 Å². The van der Waals surface area contributed by atoms with E-state index >= 15 is 0 Å². The Morgan fingerprint density at radius 3 is 2.72 bits per heavy atom. The van der Waals surface area contributed by atoms with Crippen molar-refractivity contribution in [3.05, 3.63) is 40.5 Å². The van der Waals surface area contributed by atoms with Crippen LogP contribution in [0.15, 0.2) is 24.3 Å². The molecule has 4 nitrogen and oxygen atoms in total. The molecule has 0 bridgehead atoms. The number of nitrogens with zero attached hydrogens (tertiary/aromatic N) is 2. The molecule has 0 unspecified atom stereocenters. The Bertz CT molecular complexity index is 609. The van der Waals surface area contributed by atoms with E-state index in [1.54, 1.807) is 29.9 Å². The lowest BCUT2D eigenvalue weighted by Gasteiger charge is -2.10. The molecule has 18 heavy (non-hydrogen) atoms. The van der Waals surface area contributed by atoms with Gasteiger partial charge in [-0.05, 0) is 25.1 Å². The second-order valence-electron chi connectivity index (χ2n) is 3.85. The maximum absolute atomic E-state index is 5.91. The number of hydrogen-bond donors (Lipinski definition) is 1. The lowest BCUT2D eigenvalue weighted by Crippen LogP contribution is -2.11. The molecule has 0 spiro atoms. The van der Waals surface area contributed by atoms with Gasteiger partial charge in [-0.25, -0.2) is 4.68 Å². The molecular weight excluding hydrogens is 270 g/mol. The third-order valence-electron chi connectivity index (χ3n) is 2.38. The lowest BCUT2D eigenvalue weighted by molar-refractivity contribution is 0.430. The van der Waals surface area contributed by atoms with Gasteiger partial charge in [-0.3, -0.25) is 0 Å². The molecule has 2 N–H and O–H groups in total. The molecular formula is C12H12ClN3OS. The third-order valence-corrected chi connectivity index (χ3v) is 2.84. The minimum atomic E-state index is 0.242. The van der Waals surface area contributed by atoms with E-state index in [2.05, 4.69) is 5.10 Å². The zero-order valence-electron chi connectivity index (χ0n) is 9.98. The topological polar surface area (TPSA) is 53.1 Å². The van der Waals surface area contributed by atoms with Gasteiger partial charge < -0.3 is 10.5 Å². The summed E-state index contributed by atoms with van der Waals surface area (Å²) < 4.78 is 7.40. The molecule has 0 aliphatic heterocycles. The van der Waals surface area contributed by atoms with E-state index in [9.17, 15) is 0 Å². The van der Waals surface area contributed by atoms with Crippen LogP contribution < -0.4 is 10.5 Å². The van der Waals surface area contributed by atoms with Gasteiger partial charge >= 0.3 is 0 Å². The summed E-state index contributed by atoms with van der Waals surface area (Å²) in [5.74, 6) is 1.18. The van der Waals surface area contributed by atoms with Crippen LogP contribution >= 0.6 is 23.8 Å². The zero-order chi connectivity index (χ0) is 13.3. The molecule has 0 saturated carbocycles. The van der Waals surface area contributed by atoms with Crippen LogP contribution in [-0.4, -0.2) is 14.8 Å². The van der Waals surface area contributed by atoms with Crippen molar-refractivity contribution >= 4 is 28.8 Å². The highest BCUT2D eigenvalue weighted by molar-refractivity contribution is 7.80. The summed E-state index contributed by atoms with van der Waals surface area (Å²) in [5, 5.41) is 4.76. The SMILES string of the molecule is Cc1cc(Oc2ccc(Cl)cc2C(N)=S)n(C)n1. The minimum absolute atomic E-state index is 0.242. The van der Waals surface area contributed by atoms with Gasteiger partial charge in [-0.2, -0.15) is 5.10 Å². The second-order valence-corrected chi connectivity index (χ2v) is 4.73. The van der Waals surface area contributed by atoms with E-state index in [4.69, 9.17) is 34.3 Å². The number of rotatable bonds is 3. The van der Waals surface area contributed by atoms with Crippen molar-refractivity contribution in [2.75, 3.05) is 0 Å². The lowest BCUT2D eigenvalue weighted by atomic mass is 10.2. The van der Waals surface area contributed by atoms with Crippen LogP contribution in [0.25, 0.3) is 0 Å². The van der Waals surface area contributed by atoms with Crippen LogP contribution in [0.4, 0.5) is 0 Å². The zero-order valence-corrected chi connectivity index (χ0v) is 11.5. The van der Waals surface area contributed by atoms with Gasteiger partial charge in [0.1, 0.15) is 10.7 Å². The highest BCUT2D eigenvalue weighted by Gasteiger charge is 2.11. The van der Waals surface area contributed by atoms with Crippen molar-refractivity contribution in [3.63, 3.8) is 0 Å². The van der Waals surface area contributed by atoms with E-state index in [0.717, 1.165) is 5.69 Å². The van der Waals surface area contributed by atoms with Crippen LogP contribution in [0.3, 0.4) is 0 Å². The van der Waals surface area contributed by atoms with Crippen molar-refractivity contribution in [1.29, 1.82) is 0 Å². The number of halogens is 1. The fraction of sp³-hybridized carbons (Fsp3) is 0.167. The first kappa shape index (κ1) is 12.9. The molecule has 2 aromatic rings. The van der Waals surface area contributed by atoms with Gasteiger partial charge in [0.15, 0.2) is 0 Å². The molecule has 1 aromatic heterocycles. The maximum atomic E-state index is 5.91. The smallest absolute Gasteiger partial charge is 0.217 e. The van der Waals surface area contributed by atoms with Crippen LogP contribution in [0, 0.1) is 6.92 Å². The summed E-state index contributed by atoms with van der Waals surface area (Å²) in [7, 11) is 1.80. The van der Waals surface area contributed by atoms with E-state index in [1.807, 2.05) is 13.0 Å². The Morgan fingerprint density at radius 1 is 1.44 bits per heavy atom. The highest BCUT2D eigenvalue weighted by Crippen LogP contribution is 2.28. The number of benzene rings is 1. The molecule has 0 radical (unpaired) electrons. The number of aromatic nitrogens is 2. The van der Waals surface area contributed by atoms with Gasteiger partial charge in [0.25, 0.3) is 0 Å². The minimum Gasteiger partial charge on any atom is -0.439 e. The van der Waals surface area contributed by atoms with Crippen LogP contribution in [0.5, 0.6) is 11.6 Å². The van der Waals surface area contributed by atoms with Crippen molar-refractivity contribution in [1.82, 2.24) is 9.78 Å². The molecule has 1 aromatic carbocycles. The first-order valence-electron chi connectivity index (χ1n) is 5.25.